The van der Waals surface area contributed by atoms with Crippen molar-refractivity contribution in [1.29, 1.82) is 0 Å². The molecule has 0 saturated carbocycles. The third kappa shape index (κ3) is 5.26. The summed E-state index contributed by atoms with van der Waals surface area (Å²) in [6, 6.07) is 14.2. The maximum Gasteiger partial charge on any atom is 0.257 e. The number of hydrogen-bond acceptors (Lipinski definition) is 5. The number of ether oxygens (including phenoxy) is 1. The molecule has 3 aliphatic rings. The molecule has 0 aromatic heterocycles. The van der Waals surface area contributed by atoms with Crippen LogP contribution in [0.25, 0.3) is 5.57 Å². The van der Waals surface area contributed by atoms with Crippen LogP contribution < -0.4 is 4.74 Å². The molecular weight excluding hydrogens is 442 g/mol. The minimum atomic E-state index is -0.623. The van der Waals surface area contributed by atoms with E-state index in [0.717, 1.165) is 31.5 Å². The van der Waals surface area contributed by atoms with E-state index in [-0.39, 0.29) is 18.4 Å². The molecule has 35 heavy (non-hydrogen) atoms. The molecule has 0 radical (unpaired) electrons. The minimum absolute atomic E-state index is 0.0866. The van der Waals surface area contributed by atoms with Crippen molar-refractivity contribution in [1.82, 2.24) is 14.7 Å². The second-order valence-electron chi connectivity index (χ2n) is 9.66. The quantitative estimate of drug-likeness (QED) is 0.720. The van der Waals surface area contributed by atoms with Crippen LogP contribution in [0.1, 0.15) is 40.4 Å². The molecule has 184 valence electrons. The Morgan fingerprint density at radius 3 is 2.66 bits per heavy atom. The van der Waals surface area contributed by atoms with E-state index < -0.39 is 6.10 Å². The van der Waals surface area contributed by atoms with Gasteiger partial charge in [-0.2, -0.15) is 0 Å². The molecule has 7 nitrogen and oxygen atoms in total. The zero-order valence-electron chi connectivity index (χ0n) is 20.3. The highest BCUT2D eigenvalue weighted by molar-refractivity contribution is 5.97. The molecule has 0 fully saturated rings. The topological polar surface area (TPSA) is 73.3 Å². The maximum atomic E-state index is 13.3. The summed E-state index contributed by atoms with van der Waals surface area (Å²) in [5.74, 6) is 0.572. The third-order valence-corrected chi connectivity index (χ3v) is 7.25. The van der Waals surface area contributed by atoms with E-state index in [1.165, 1.54) is 16.7 Å². The minimum Gasteiger partial charge on any atom is -0.491 e. The van der Waals surface area contributed by atoms with Crippen molar-refractivity contribution in [3.63, 3.8) is 0 Å². The van der Waals surface area contributed by atoms with Gasteiger partial charge in [0, 0.05) is 46.2 Å². The van der Waals surface area contributed by atoms with Gasteiger partial charge in [0.05, 0.1) is 18.2 Å². The SMILES string of the molecule is CC(=O)N1CC=C(c2ccc3c(c2)OCCN(C[C@H](O)CN2CCc4ccccc4C2)C3=O)CC1. The lowest BCUT2D eigenvalue weighted by Gasteiger charge is -2.32. The number of carbonyl (C=O) groups is 2. The van der Waals surface area contributed by atoms with E-state index in [1.54, 1.807) is 11.8 Å². The standard InChI is InChI=1S/C28H33N3O4/c1-20(32)30-12-9-22(10-13-30)23-6-7-26-27(16-23)35-15-14-31(28(26)34)19-25(33)18-29-11-8-21-4-2-3-5-24(21)17-29/h2-7,9,16,25,33H,8,10-15,17-19H2,1H3/t25-/m1/s1. The summed E-state index contributed by atoms with van der Waals surface area (Å²) in [5, 5.41) is 10.8. The molecule has 2 amide bonds. The number of fused-ring (bicyclic) bond motifs is 2. The molecule has 5 rings (SSSR count). The average molecular weight is 476 g/mol. The van der Waals surface area contributed by atoms with Gasteiger partial charge in [0.1, 0.15) is 12.4 Å². The predicted molar refractivity (Wildman–Crippen MR) is 134 cm³/mol. The van der Waals surface area contributed by atoms with Gasteiger partial charge in [0.2, 0.25) is 5.91 Å². The summed E-state index contributed by atoms with van der Waals surface area (Å²) in [5.41, 5.74) is 5.43. The zero-order chi connectivity index (χ0) is 24.4. The Morgan fingerprint density at radius 1 is 1.06 bits per heavy atom. The fraction of sp³-hybridized carbons (Fsp3) is 0.429. The summed E-state index contributed by atoms with van der Waals surface area (Å²) in [7, 11) is 0. The first-order valence-electron chi connectivity index (χ1n) is 12.5. The monoisotopic (exact) mass is 475 g/mol. The van der Waals surface area contributed by atoms with Crippen LogP contribution in [0, 0.1) is 0 Å². The molecule has 2 aromatic rings. The molecule has 3 heterocycles. The molecule has 2 aromatic carbocycles. The molecular formula is C28H33N3O4. The van der Waals surface area contributed by atoms with Crippen molar-refractivity contribution < 1.29 is 19.4 Å². The summed E-state index contributed by atoms with van der Waals surface area (Å²) in [4.78, 5) is 30.7. The number of aliphatic hydroxyl groups excluding tert-OH is 1. The molecule has 1 N–H and O–H groups in total. The molecule has 0 unspecified atom stereocenters. The lowest BCUT2D eigenvalue weighted by atomic mass is 9.97. The van der Waals surface area contributed by atoms with Crippen LogP contribution in [0.4, 0.5) is 0 Å². The Balaban J connectivity index is 1.22. The smallest absolute Gasteiger partial charge is 0.257 e. The summed E-state index contributed by atoms with van der Waals surface area (Å²) < 4.78 is 5.96. The number of hydrogen-bond donors (Lipinski definition) is 1. The highest BCUT2D eigenvalue weighted by Crippen LogP contribution is 2.30. The molecule has 3 aliphatic heterocycles. The van der Waals surface area contributed by atoms with Crippen LogP contribution in [0.3, 0.4) is 0 Å². The Kier molecular flexibility index (Phi) is 6.88. The van der Waals surface area contributed by atoms with Crippen molar-refractivity contribution in [2.24, 2.45) is 0 Å². The van der Waals surface area contributed by atoms with Crippen LogP contribution >= 0.6 is 0 Å². The van der Waals surface area contributed by atoms with E-state index >= 15 is 0 Å². The Labute approximate surface area is 206 Å². The van der Waals surface area contributed by atoms with E-state index in [2.05, 4.69) is 35.2 Å². The van der Waals surface area contributed by atoms with Crippen LogP contribution in [0.5, 0.6) is 5.75 Å². The average Bonchev–Trinajstić information content (AvgIpc) is 3.02. The van der Waals surface area contributed by atoms with Crippen molar-refractivity contribution in [2.75, 3.05) is 45.9 Å². The normalized spacial score (nSPS) is 19.3. The highest BCUT2D eigenvalue weighted by atomic mass is 16.5. The molecule has 0 saturated heterocycles. The molecule has 0 aliphatic carbocycles. The van der Waals surface area contributed by atoms with Gasteiger partial charge in [0.25, 0.3) is 5.91 Å². The second kappa shape index (κ2) is 10.2. The lowest BCUT2D eigenvalue weighted by Crippen LogP contribution is -2.44. The van der Waals surface area contributed by atoms with E-state index in [9.17, 15) is 14.7 Å². The van der Waals surface area contributed by atoms with E-state index in [4.69, 9.17) is 4.74 Å². The van der Waals surface area contributed by atoms with Gasteiger partial charge in [0.15, 0.2) is 0 Å². The van der Waals surface area contributed by atoms with Crippen LogP contribution in [0.2, 0.25) is 0 Å². The van der Waals surface area contributed by atoms with Crippen molar-refractivity contribution in [3.05, 3.63) is 70.8 Å². The van der Waals surface area contributed by atoms with Crippen molar-refractivity contribution in [2.45, 2.75) is 32.4 Å². The van der Waals surface area contributed by atoms with Gasteiger partial charge in [-0.05, 0) is 47.2 Å². The first kappa shape index (κ1) is 23.6. The van der Waals surface area contributed by atoms with Crippen molar-refractivity contribution >= 4 is 17.4 Å². The van der Waals surface area contributed by atoms with E-state index in [0.29, 0.717) is 44.1 Å². The predicted octanol–water partition coefficient (Wildman–Crippen LogP) is 2.58. The number of aliphatic hydroxyl groups is 1. The number of rotatable bonds is 5. The lowest BCUT2D eigenvalue weighted by molar-refractivity contribution is -0.128. The van der Waals surface area contributed by atoms with Gasteiger partial charge >= 0.3 is 0 Å². The number of nitrogens with zero attached hydrogens (tertiary/aromatic N) is 3. The maximum absolute atomic E-state index is 13.3. The van der Waals surface area contributed by atoms with Gasteiger partial charge in [-0.1, -0.05) is 36.4 Å². The van der Waals surface area contributed by atoms with Crippen LogP contribution in [-0.2, 0) is 17.8 Å². The van der Waals surface area contributed by atoms with Gasteiger partial charge < -0.3 is 19.6 Å². The first-order valence-corrected chi connectivity index (χ1v) is 12.5. The van der Waals surface area contributed by atoms with Gasteiger partial charge in [-0.25, -0.2) is 0 Å². The third-order valence-electron chi connectivity index (χ3n) is 7.25. The fourth-order valence-electron chi connectivity index (χ4n) is 5.27. The Bertz CT molecular complexity index is 1140. The molecule has 0 spiro atoms. The number of β-amino-alcohol motifs (C(OH)–C–C–N with tert-alkyl or cyclic N) is 1. The largest absolute Gasteiger partial charge is 0.491 e. The highest BCUT2D eigenvalue weighted by Gasteiger charge is 2.27. The van der Waals surface area contributed by atoms with Crippen LogP contribution in [0.15, 0.2) is 48.5 Å². The van der Waals surface area contributed by atoms with Gasteiger partial charge in [-0.15, -0.1) is 0 Å². The summed E-state index contributed by atoms with van der Waals surface area (Å²) in [6.45, 7) is 6.30. The summed E-state index contributed by atoms with van der Waals surface area (Å²) in [6.07, 6.45) is 3.22. The molecule has 7 heteroatoms. The Hall–Kier alpha value is -3.16. The molecule has 0 bridgehead atoms. The van der Waals surface area contributed by atoms with Crippen molar-refractivity contribution in [3.8, 4) is 5.75 Å². The Morgan fingerprint density at radius 2 is 1.89 bits per heavy atom. The summed E-state index contributed by atoms with van der Waals surface area (Å²) >= 11 is 0. The van der Waals surface area contributed by atoms with Crippen LogP contribution in [-0.4, -0.2) is 83.6 Å². The number of benzene rings is 2. The van der Waals surface area contributed by atoms with Gasteiger partial charge in [-0.3, -0.25) is 14.5 Å². The van der Waals surface area contributed by atoms with E-state index in [1.807, 2.05) is 23.1 Å². The number of amides is 2. The number of carbonyl (C=O) groups excluding carboxylic acids is 2. The molecule has 1 atom stereocenters. The zero-order valence-corrected chi connectivity index (χ0v) is 20.3. The fourth-order valence-corrected chi connectivity index (χ4v) is 5.27. The second-order valence-corrected chi connectivity index (χ2v) is 9.66. The first-order chi connectivity index (χ1) is 17.0.